The first-order valence-electron chi connectivity index (χ1n) is 3.35. The van der Waals surface area contributed by atoms with Gasteiger partial charge in [0.2, 0.25) is 0 Å². The van der Waals surface area contributed by atoms with Crippen LogP contribution in [0, 0.1) is 18.8 Å². The first-order valence-corrected chi connectivity index (χ1v) is 3.35. The molecule has 0 atom stereocenters. The highest BCUT2D eigenvalue weighted by Gasteiger charge is 1.86. The number of aryl methyl sites for hydroxylation is 1. The topological polar surface area (TPSA) is 33.1 Å². The van der Waals surface area contributed by atoms with Crippen molar-refractivity contribution in [2.45, 2.75) is 6.92 Å². The molecule has 0 fully saturated rings. The monoisotopic (exact) mass is 147 g/mol. The molecule has 1 heterocycles. The van der Waals surface area contributed by atoms with Gasteiger partial charge in [0.25, 0.3) is 0 Å². The normalized spacial score (nSPS) is 8.55. The van der Waals surface area contributed by atoms with E-state index in [1.165, 1.54) is 0 Å². The zero-order valence-electron chi connectivity index (χ0n) is 6.33. The van der Waals surface area contributed by atoms with Gasteiger partial charge in [0.15, 0.2) is 0 Å². The lowest BCUT2D eigenvalue weighted by Gasteiger charge is -1.90. The van der Waals surface area contributed by atoms with Crippen molar-refractivity contribution < 1.29 is 5.11 Å². The van der Waals surface area contributed by atoms with E-state index in [0.717, 1.165) is 11.3 Å². The Morgan fingerprint density at radius 3 is 3.09 bits per heavy atom. The lowest BCUT2D eigenvalue weighted by molar-refractivity contribution is 0.350. The average Bonchev–Trinajstić information content (AvgIpc) is 2.01. The molecule has 2 nitrogen and oxygen atoms in total. The van der Waals surface area contributed by atoms with Crippen molar-refractivity contribution in [2.75, 3.05) is 6.61 Å². The van der Waals surface area contributed by atoms with Gasteiger partial charge in [-0.2, -0.15) is 0 Å². The van der Waals surface area contributed by atoms with Gasteiger partial charge in [0.1, 0.15) is 6.61 Å². The molecule has 11 heavy (non-hydrogen) atoms. The van der Waals surface area contributed by atoms with E-state index in [9.17, 15) is 0 Å². The number of hydrogen-bond acceptors (Lipinski definition) is 2. The summed E-state index contributed by atoms with van der Waals surface area (Å²) in [5.74, 6) is 5.36. The summed E-state index contributed by atoms with van der Waals surface area (Å²) >= 11 is 0. The fraction of sp³-hybridized carbons (Fsp3) is 0.222. The zero-order chi connectivity index (χ0) is 8.10. The van der Waals surface area contributed by atoms with Crippen LogP contribution in [0.15, 0.2) is 18.3 Å². The number of aliphatic hydroxyl groups excluding tert-OH is 1. The largest absolute Gasteiger partial charge is 0.384 e. The maximum Gasteiger partial charge on any atom is 0.104 e. The van der Waals surface area contributed by atoms with Crippen molar-refractivity contribution in [3.63, 3.8) is 0 Å². The van der Waals surface area contributed by atoms with Gasteiger partial charge in [-0.15, -0.1) is 0 Å². The van der Waals surface area contributed by atoms with Crippen molar-refractivity contribution in [3.8, 4) is 11.8 Å². The predicted molar refractivity (Wildman–Crippen MR) is 42.9 cm³/mol. The predicted octanol–water partition coefficient (Wildman–Crippen LogP) is 0.734. The van der Waals surface area contributed by atoms with E-state index in [1.807, 2.05) is 19.1 Å². The number of nitrogens with zero attached hydrogens (tertiary/aromatic N) is 1. The minimum absolute atomic E-state index is 0.0959. The summed E-state index contributed by atoms with van der Waals surface area (Å²) in [6, 6.07) is 3.69. The molecular weight excluding hydrogens is 138 g/mol. The van der Waals surface area contributed by atoms with Crippen LogP contribution in [0.2, 0.25) is 0 Å². The molecule has 1 aromatic heterocycles. The lowest BCUT2D eigenvalue weighted by Crippen LogP contribution is -1.81. The van der Waals surface area contributed by atoms with Gasteiger partial charge in [-0.25, -0.2) is 0 Å². The number of pyridine rings is 1. The highest BCUT2D eigenvalue weighted by atomic mass is 16.2. The second-order valence-electron chi connectivity index (χ2n) is 2.15. The van der Waals surface area contributed by atoms with Crippen LogP contribution in [0.1, 0.15) is 11.3 Å². The average molecular weight is 147 g/mol. The third-order valence-electron chi connectivity index (χ3n) is 1.21. The Hall–Kier alpha value is -1.33. The first kappa shape index (κ1) is 7.77. The van der Waals surface area contributed by atoms with Crippen LogP contribution in [0.5, 0.6) is 0 Å². The van der Waals surface area contributed by atoms with Crippen LogP contribution in [0.4, 0.5) is 0 Å². The van der Waals surface area contributed by atoms with E-state index in [1.54, 1.807) is 6.20 Å². The maximum absolute atomic E-state index is 8.41. The molecule has 2 heteroatoms. The van der Waals surface area contributed by atoms with Crippen LogP contribution < -0.4 is 0 Å². The molecule has 1 aromatic rings. The Kier molecular flexibility index (Phi) is 2.65. The molecule has 56 valence electrons. The second-order valence-corrected chi connectivity index (χ2v) is 2.15. The maximum atomic E-state index is 8.41. The smallest absolute Gasteiger partial charge is 0.104 e. The summed E-state index contributed by atoms with van der Waals surface area (Å²) in [7, 11) is 0. The highest BCUT2D eigenvalue weighted by molar-refractivity contribution is 5.33. The van der Waals surface area contributed by atoms with Gasteiger partial charge in [-0.05, 0) is 19.1 Å². The van der Waals surface area contributed by atoms with Crippen molar-refractivity contribution in [1.82, 2.24) is 4.98 Å². The molecule has 0 bridgehead atoms. The number of aromatic nitrogens is 1. The molecule has 0 spiro atoms. The van der Waals surface area contributed by atoms with Crippen molar-refractivity contribution >= 4 is 0 Å². The van der Waals surface area contributed by atoms with Gasteiger partial charge in [-0.3, -0.25) is 4.98 Å². The summed E-state index contributed by atoms with van der Waals surface area (Å²) in [5.41, 5.74) is 1.83. The minimum atomic E-state index is -0.0959. The molecule has 0 aliphatic rings. The van der Waals surface area contributed by atoms with Crippen molar-refractivity contribution in [3.05, 3.63) is 29.6 Å². The molecule has 0 aliphatic heterocycles. The van der Waals surface area contributed by atoms with Crippen molar-refractivity contribution in [2.24, 2.45) is 0 Å². The second kappa shape index (κ2) is 3.75. The third-order valence-corrected chi connectivity index (χ3v) is 1.21. The summed E-state index contributed by atoms with van der Waals surface area (Å²) in [6.45, 7) is 1.81. The summed E-state index contributed by atoms with van der Waals surface area (Å²) in [5, 5.41) is 8.41. The molecule has 0 unspecified atom stereocenters. The lowest BCUT2D eigenvalue weighted by atomic mass is 10.2. The highest BCUT2D eigenvalue weighted by Crippen LogP contribution is 1.97. The van der Waals surface area contributed by atoms with Crippen LogP contribution >= 0.6 is 0 Å². The molecule has 0 saturated carbocycles. The van der Waals surface area contributed by atoms with E-state index < -0.39 is 0 Å². The molecule has 0 saturated heterocycles. The first-order chi connectivity index (χ1) is 5.33. The van der Waals surface area contributed by atoms with Gasteiger partial charge >= 0.3 is 0 Å². The summed E-state index contributed by atoms with van der Waals surface area (Å²) in [4.78, 5) is 4.02. The Morgan fingerprint density at radius 2 is 2.45 bits per heavy atom. The molecule has 0 radical (unpaired) electrons. The Bertz CT molecular complexity index is 296. The number of rotatable bonds is 0. The van der Waals surface area contributed by atoms with Gasteiger partial charge in [0, 0.05) is 17.5 Å². The van der Waals surface area contributed by atoms with Crippen LogP contribution in [0.25, 0.3) is 0 Å². The van der Waals surface area contributed by atoms with Crippen LogP contribution in [0.3, 0.4) is 0 Å². The third kappa shape index (κ3) is 2.40. The standard InChI is InChI=1S/C9H9NO/c1-8-7-9(3-2-6-11)4-5-10-8/h4-5,7,11H,6H2,1H3. The summed E-state index contributed by atoms with van der Waals surface area (Å²) < 4.78 is 0. The summed E-state index contributed by atoms with van der Waals surface area (Å²) in [6.07, 6.45) is 1.71. The van der Waals surface area contributed by atoms with Gasteiger partial charge < -0.3 is 5.11 Å². The van der Waals surface area contributed by atoms with Gasteiger partial charge in [-0.1, -0.05) is 11.8 Å². The van der Waals surface area contributed by atoms with Crippen LogP contribution in [-0.2, 0) is 0 Å². The number of hydrogen-bond donors (Lipinski definition) is 1. The fourth-order valence-corrected chi connectivity index (χ4v) is 0.765. The molecule has 0 aromatic carbocycles. The minimum Gasteiger partial charge on any atom is -0.384 e. The fourth-order valence-electron chi connectivity index (χ4n) is 0.765. The SMILES string of the molecule is Cc1cc(C#CCO)ccn1. The van der Waals surface area contributed by atoms with Crippen LogP contribution in [-0.4, -0.2) is 16.7 Å². The molecule has 1 rings (SSSR count). The Balaban J connectivity index is 2.87. The number of aliphatic hydroxyl groups is 1. The Labute approximate surface area is 65.9 Å². The quantitative estimate of drug-likeness (QED) is 0.549. The Morgan fingerprint density at radius 1 is 1.64 bits per heavy atom. The van der Waals surface area contributed by atoms with Gasteiger partial charge in [0.05, 0.1) is 0 Å². The molecule has 0 amide bonds. The van der Waals surface area contributed by atoms with E-state index in [4.69, 9.17) is 5.11 Å². The molecular formula is C9H9NO. The molecule has 0 aliphatic carbocycles. The van der Waals surface area contributed by atoms with Crippen molar-refractivity contribution in [1.29, 1.82) is 0 Å². The van der Waals surface area contributed by atoms with E-state index in [-0.39, 0.29) is 6.61 Å². The molecule has 1 N–H and O–H groups in total. The van der Waals surface area contributed by atoms with E-state index in [2.05, 4.69) is 16.8 Å². The van der Waals surface area contributed by atoms with E-state index >= 15 is 0 Å². The zero-order valence-corrected chi connectivity index (χ0v) is 6.33. The van der Waals surface area contributed by atoms with E-state index in [0.29, 0.717) is 0 Å².